The molecule has 0 bridgehead atoms. The van der Waals surface area contributed by atoms with Gasteiger partial charge in [0.2, 0.25) is 0 Å². The van der Waals surface area contributed by atoms with Crippen molar-refractivity contribution < 1.29 is 15.0 Å². The van der Waals surface area contributed by atoms with E-state index in [0.717, 1.165) is 51.4 Å². The van der Waals surface area contributed by atoms with Crippen LogP contribution in [-0.4, -0.2) is 22.8 Å². The van der Waals surface area contributed by atoms with Gasteiger partial charge in [0.15, 0.2) is 0 Å². The highest BCUT2D eigenvalue weighted by molar-refractivity contribution is 8.07. The molecule has 0 spiro atoms. The minimum Gasteiger partial charge on any atom is -0.481 e. The molecule has 3 nitrogen and oxygen atoms in total. The lowest BCUT2D eigenvalue weighted by atomic mass is 9.82. The van der Waals surface area contributed by atoms with Crippen molar-refractivity contribution in [2.45, 2.75) is 106 Å². The maximum atomic E-state index is 11.6. The van der Waals surface area contributed by atoms with Gasteiger partial charge in [0, 0.05) is 12.0 Å². The monoisotopic (exact) mass is 520 g/mol. The van der Waals surface area contributed by atoms with Gasteiger partial charge < -0.3 is 10.2 Å². The van der Waals surface area contributed by atoms with Crippen molar-refractivity contribution in [2.24, 2.45) is 22.2 Å². The Bertz CT molecular complexity index is 863. The van der Waals surface area contributed by atoms with Crippen molar-refractivity contribution in [3.05, 3.63) is 43.9 Å². The van der Waals surface area contributed by atoms with Gasteiger partial charge in [0.1, 0.15) is 0 Å². The van der Waals surface area contributed by atoms with E-state index in [4.69, 9.17) is 0 Å². The SMILES string of the molecule is CCC(C)(CCCC1=CC(C)(C)C=C(CCC2=CC(C)C=C(CCCC(C)(C)CO)S2)S1)C(=O)O. The van der Waals surface area contributed by atoms with E-state index in [2.05, 4.69) is 58.9 Å². The molecule has 0 aromatic heterocycles. The van der Waals surface area contributed by atoms with Crippen LogP contribution in [0.25, 0.3) is 0 Å². The zero-order valence-corrected chi connectivity index (χ0v) is 24.7. The first-order valence-electron chi connectivity index (χ1n) is 13.3. The second kappa shape index (κ2) is 13.1. The number of carboxylic acids is 1. The molecule has 0 aromatic carbocycles. The largest absolute Gasteiger partial charge is 0.481 e. The van der Waals surface area contributed by atoms with Crippen molar-refractivity contribution >= 4 is 29.5 Å². The Morgan fingerprint density at radius 3 is 1.97 bits per heavy atom. The van der Waals surface area contributed by atoms with E-state index < -0.39 is 11.4 Å². The molecule has 35 heavy (non-hydrogen) atoms. The number of carbonyl (C=O) groups is 1. The summed E-state index contributed by atoms with van der Waals surface area (Å²) < 4.78 is 0. The fourth-order valence-electron chi connectivity index (χ4n) is 4.64. The number of hydrogen-bond donors (Lipinski definition) is 2. The second-order valence-corrected chi connectivity index (χ2v) is 14.6. The van der Waals surface area contributed by atoms with Crippen molar-refractivity contribution in [3.8, 4) is 0 Å². The molecule has 2 unspecified atom stereocenters. The molecule has 2 rings (SSSR count). The molecule has 0 radical (unpaired) electrons. The lowest BCUT2D eigenvalue weighted by Gasteiger charge is -2.28. The molecule has 2 aliphatic rings. The molecule has 0 amide bonds. The Balaban J connectivity index is 1.88. The van der Waals surface area contributed by atoms with Crippen LogP contribution in [-0.2, 0) is 4.79 Å². The standard InChI is InChI=1S/C30H48O3S2/c1-8-30(7,27(32)33)16-10-12-25-19-29(5,6)20-26(35-25)14-13-24-18-22(2)17-23(34-24)11-9-15-28(3,4)21-31/h17-20,22,31H,8-16,21H2,1-7H3,(H,32,33). The van der Waals surface area contributed by atoms with Crippen molar-refractivity contribution in [1.82, 2.24) is 0 Å². The predicted molar refractivity (Wildman–Crippen MR) is 154 cm³/mol. The van der Waals surface area contributed by atoms with Gasteiger partial charge in [0.25, 0.3) is 0 Å². The number of aliphatic hydroxyl groups is 1. The van der Waals surface area contributed by atoms with Gasteiger partial charge in [-0.2, -0.15) is 0 Å². The Hall–Kier alpha value is -0.910. The maximum Gasteiger partial charge on any atom is 0.309 e. The Kier molecular flexibility index (Phi) is 11.3. The number of aliphatic hydroxyl groups excluding tert-OH is 1. The smallest absolute Gasteiger partial charge is 0.309 e. The van der Waals surface area contributed by atoms with E-state index in [9.17, 15) is 15.0 Å². The molecule has 0 saturated carbocycles. The highest BCUT2D eigenvalue weighted by atomic mass is 32.2. The first-order valence-corrected chi connectivity index (χ1v) is 15.0. The van der Waals surface area contributed by atoms with E-state index in [1.807, 2.05) is 37.4 Å². The van der Waals surface area contributed by atoms with Crippen LogP contribution < -0.4 is 0 Å². The Morgan fingerprint density at radius 2 is 1.40 bits per heavy atom. The van der Waals surface area contributed by atoms with Crippen molar-refractivity contribution in [2.75, 3.05) is 6.61 Å². The summed E-state index contributed by atoms with van der Waals surface area (Å²) >= 11 is 3.87. The van der Waals surface area contributed by atoms with Gasteiger partial charge in [-0.05, 0) is 95.7 Å². The van der Waals surface area contributed by atoms with Gasteiger partial charge in [-0.25, -0.2) is 0 Å². The zero-order chi connectivity index (χ0) is 26.3. The summed E-state index contributed by atoms with van der Waals surface area (Å²) in [7, 11) is 0. The van der Waals surface area contributed by atoms with Gasteiger partial charge in [-0.1, -0.05) is 89.4 Å². The topological polar surface area (TPSA) is 57.5 Å². The second-order valence-electron chi connectivity index (χ2n) is 12.1. The Labute approximate surface area is 223 Å². The van der Waals surface area contributed by atoms with E-state index in [0.29, 0.717) is 12.3 Å². The average Bonchev–Trinajstić information content (AvgIpc) is 2.76. The van der Waals surface area contributed by atoms with Crippen LogP contribution >= 0.6 is 23.5 Å². The molecule has 0 saturated heterocycles. The van der Waals surface area contributed by atoms with Gasteiger partial charge >= 0.3 is 5.97 Å². The summed E-state index contributed by atoms with van der Waals surface area (Å²) in [5, 5.41) is 19.1. The van der Waals surface area contributed by atoms with Crippen LogP contribution in [0.5, 0.6) is 0 Å². The summed E-state index contributed by atoms with van der Waals surface area (Å²) in [5.74, 6) is -0.196. The molecule has 0 aromatic rings. The zero-order valence-electron chi connectivity index (χ0n) is 23.1. The molecule has 198 valence electrons. The molecule has 0 fully saturated rings. The lowest BCUT2D eigenvalue weighted by molar-refractivity contribution is -0.148. The normalized spacial score (nSPS) is 22.0. The number of carboxylic acid groups (broad SMARTS) is 1. The van der Waals surface area contributed by atoms with E-state index in [1.54, 1.807) is 0 Å². The predicted octanol–water partition coefficient (Wildman–Crippen LogP) is 9.32. The summed E-state index contributed by atoms with van der Waals surface area (Å²) in [4.78, 5) is 17.4. The molecule has 5 heteroatoms. The molecule has 0 aliphatic carbocycles. The molecule has 2 heterocycles. The number of rotatable bonds is 14. The fraction of sp³-hybridized carbons (Fsp3) is 0.700. The van der Waals surface area contributed by atoms with Crippen LogP contribution in [0.1, 0.15) is 106 Å². The molecule has 2 aliphatic heterocycles. The molecular weight excluding hydrogens is 472 g/mol. The molecule has 2 N–H and O–H groups in total. The number of thioether (sulfide) groups is 2. The first kappa shape index (κ1) is 30.3. The van der Waals surface area contributed by atoms with Crippen LogP contribution in [0, 0.1) is 22.2 Å². The third-order valence-electron chi connectivity index (χ3n) is 7.26. The molecule has 2 atom stereocenters. The summed E-state index contributed by atoms with van der Waals surface area (Å²) in [5.41, 5.74) is -0.563. The highest BCUT2D eigenvalue weighted by Gasteiger charge is 2.30. The summed E-state index contributed by atoms with van der Waals surface area (Å²) in [6.07, 6.45) is 18.3. The van der Waals surface area contributed by atoms with E-state index in [-0.39, 0.29) is 17.4 Å². The summed E-state index contributed by atoms with van der Waals surface area (Å²) in [6.45, 7) is 15.2. The fourth-order valence-corrected chi connectivity index (χ4v) is 7.50. The third kappa shape index (κ3) is 10.2. The highest BCUT2D eigenvalue weighted by Crippen LogP contribution is 2.45. The van der Waals surface area contributed by atoms with Crippen LogP contribution in [0.15, 0.2) is 43.9 Å². The van der Waals surface area contributed by atoms with E-state index in [1.165, 1.54) is 19.6 Å². The van der Waals surface area contributed by atoms with Gasteiger partial charge in [-0.15, -0.1) is 0 Å². The van der Waals surface area contributed by atoms with Crippen LogP contribution in [0.2, 0.25) is 0 Å². The van der Waals surface area contributed by atoms with E-state index >= 15 is 0 Å². The Morgan fingerprint density at radius 1 is 0.914 bits per heavy atom. The van der Waals surface area contributed by atoms with Crippen molar-refractivity contribution in [3.63, 3.8) is 0 Å². The minimum atomic E-state index is -0.677. The lowest BCUT2D eigenvalue weighted by Crippen LogP contribution is -2.26. The van der Waals surface area contributed by atoms with Gasteiger partial charge in [-0.3, -0.25) is 4.79 Å². The average molecular weight is 521 g/mol. The van der Waals surface area contributed by atoms with Gasteiger partial charge in [0.05, 0.1) is 5.41 Å². The summed E-state index contributed by atoms with van der Waals surface area (Å²) in [6, 6.07) is 0. The maximum absolute atomic E-state index is 11.6. The first-order chi connectivity index (χ1) is 16.3. The van der Waals surface area contributed by atoms with Crippen LogP contribution in [0.3, 0.4) is 0 Å². The number of aliphatic carboxylic acids is 1. The minimum absolute atomic E-state index is 0.00960. The number of allylic oxidation sites excluding steroid dienone is 8. The van der Waals surface area contributed by atoms with Crippen molar-refractivity contribution in [1.29, 1.82) is 0 Å². The third-order valence-corrected chi connectivity index (χ3v) is 9.63. The number of hydrogen-bond acceptors (Lipinski definition) is 4. The van der Waals surface area contributed by atoms with Crippen LogP contribution in [0.4, 0.5) is 0 Å². The quantitative estimate of drug-likeness (QED) is 0.239. The molecular formula is C30H48O3S2.